The summed E-state index contributed by atoms with van der Waals surface area (Å²) < 4.78 is 0. The van der Waals surface area contributed by atoms with Crippen LogP contribution in [0, 0.1) is 13.8 Å². The van der Waals surface area contributed by atoms with E-state index in [9.17, 15) is 4.79 Å². The van der Waals surface area contributed by atoms with Crippen molar-refractivity contribution in [2.45, 2.75) is 20.3 Å². The molecule has 6 nitrogen and oxygen atoms in total. The summed E-state index contributed by atoms with van der Waals surface area (Å²) in [5, 5.41) is 8.45. The van der Waals surface area contributed by atoms with Gasteiger partial charge in [0.05, 0.1) is 12.1 Å². The molecule has 122 valence electrons. The minimum atomic E-state index is -0.0966. The van der Waals surface area contributed by atoms with Crippen molar-refractivity contribution in [3.05, 3.63) is 58.9 Å². The number of para-hydroxylation sites is 1. The lowest BCUT2D eigenvalue weighted by atomic mass is 10.3. The Morgan fingerprint density at radius 2 is 1.79 bits per heavy atom. The number of hydrogen-bond donors (Lipinski definition) is 2. The first-order chi connectivity index (χ1) is 11.6. The van der Waals surface area contributed by atoms with E-state index in [1.165, 1.54) is 11.3 Å². The maximum absolute atomic E-state index is 12.0. The smallest absolute Gasteiger partial charge is 0.230 e. The zero-order valence-electron chi connectivity index (χ0n) is 13.4. The maximum Gasteiger partial charge on any atom is 0.230 e. The quantitative estimate of drug-likeness (QED) is 0.744. The summed E-state index contributed by atoms with van der Waals surface area (Å²) in [6.45, 7) is 3.84. The molecule has 0 fully saturated rings. The van der Waals surface area contributed by atoms with E-state index in [0.717, 1.165) is 17.1 Å². The second kappa shape index (κ2) is 7.18. The average Bonchev–Trinajstić information content (AvgIpc) is 2.94. The molecule has 7 heteroatoms. The van der Waals surface area contributed by atoms with Gasteiger partial charge in [0.2, 0.25) is 11.9 Å². The predicted molar refractivity (Wildman–Crippen MR) is 95.7 cm³/mol. The van der Waals surface area contributed by atoms with Gasteiger partial charge in [0.25, 0.3) is 0 Å². The fourth-order valence-electron chi connectivity index (χ4n) is 2.21. The zero-order valence-corrected chi connectivity index (χ0v) is 14.2. The summed E-state index contributed by atoms with van der Waals surface area (Å²) >= 11 is 1.42. The van der Waals surface area contributed by atoms with Crippen LogP contribution in [0.3, 0.4) is 0 Å². The molecule has 2 heterocycles. The second-order valence-electron chi connectivity index (χ2n) is 5.33. The number of thiazole rings is 1. The summed E-state index contributed by atoms with van der Waals surface area (Å²) in [7, 11) is 0. The van der Waals surface area contributed by atoms with E-state index in [2.05, 4.69) is 25.6 Å². The van der Waals surface area contributed by atoms with Gasteiger partial charge < -0.3 is 10.6 Å². The van der Waals surface area contributed by atoms with Crippen LogP contribution in [0.15, 0.2) is 41.8 Å². The van der Waals surface area contributed by atoms with E-state index in [-0.39, 0.29) is 12.3 Å². The lowest BCUT2D eigenvalue weighted by Gasteiger charge is -2.04. The molecule has 1 amide bonds. The number of nitrogens with one attached hydrogen (secondary N) is 2. The number of nitrogens with zero attached hydrogens (tertiary/aromatic N) is 3. The van der Waals surface area contributed by atoms with Gasteiger partial charge in [0, 0.05) is 22.5 Å². The third-order valence-corrected chi connectivity index (χ3v) is 3.96. The molecule has 0 bridgehead atoms. The van der Waals surface area contributed by atoms with Crippen LogP contribution in [0.25, 0.3) is 0 Å². The molecule has 3 rings (SSSR count). The third kappa shape index (κ3) is 4.36. The van der Waals surface area contributed by atoms with Gasteiger partial charge in [-0.05, 0) is 32.0 Å². The average molecular weight is 339 g/mol. The predicted octanol–water partition coefficient (Wildman–Crippen LogP) is 3.47. The standard InChI is InChI=1S/C17H17N5OS/c1-11-8-12(2)19-16(18-11)22-17-21-14(10-24-17)9-15(23)20-13-6-4-3-5-7-13/h3-8,10H,9H2,1-2H3,(H,20,23)(H,18,19,21,22). The van der Waals surface area contributed by atoms with E-state index in [1.807, 2.05) is 55.6 Å². The summed E-state index contributed by atoms with van der Waals surface area (Å²) in [6.07, 6.45) is 0.223. The highest BCUT2D eigenvalue weighted by molar-refractivity contribution is 7.13. The molecule has 0 atom stereocenters. The van der Waals surface area contributed by atoms with E-state index in [4.69, 9.17) is 0 Å². The number of rotatable bonds is 5. The number of amides is 1. The third-order valence-electron chi connectivity index (χ3n) is 3.15. The molecule has 0 saturated heterocycles. The fraction of sp³-hybridized carbons (Fsp3) is 0.176. The molecule has 0 aliphatic carbocycles. The zero-order chi connectivity index (χ0) is 16.9. The Balaban J connectivity index is 1.62. The van der Waals surface area contributed by atoms with Crippen molar-refractivity contribution in [2.75, 3.05) is 10.6 Å². The van der Waals surface area contributed by atoms with E-state index in [1.54, 1.807) is 0 Å². The number of aromatic nitrogens is 3. The van der Waals surface area contributed by atoms with Gasteiger partial charge in [0.15, 0.2) is 5.13 Å². The van der Waals surface area contributed by atoms with Gasteiger partial charge in [-0.3, -0.25) is 4.79 Å². The molecule has 24 heavy (non-hydrogen) atoms. The molecular weight excluding hydrogens is 322 g/mol. The van der Waals surface area contributed by atoms with Crippen molar-refractivity contribution in [3.8, 4) is 0 Å². The maximum atomic E-state index is 12.0. The largest absolute Gasteiger partial charge is 0.326 e. The van der Waals surface area contributed by atoms with Crippen LogP contribution in [-0.2, 0) is 11.2 Å². The molecule has 0 unspecified atom stereocenters. The highest BCUT2D eigenvalue weighted by atomic mass is 32.1. The van der Waals surface area contributed by atoms with Gasteiger partial charge in [-0.25, -0.2) is 15.0 Å². The van der Waals surface area contributed by atoms with Gasteiger partial charge >= 0.3 is 0 Å². The minimum absolute atomic E-state index is 0.0966. The van der Waals surface area contributed by atoms with E-state index >= 15 is 0 Å². The number of aryl methyl sites for hydroxylation is 2. The molecule has 0 spiro atoms. The normalized spacial score (nSPS) is 10.4. The molecule has 2 aromatic heterocycles. The van der Waals surface area contributed by atoms with Crippen LogP contribution in [-0.4, -0.2) is 20.9 Å². The fourth-order valence-corrected chi connectivity index (χ4v) is 2.92. The number of benzene rings is 1. The van der Waals surface area contributed by atoms with Gasteiger partial charge in [-0.2, -0.15) is 0 Å². The second-order valence-corrected chi connectivity index (χ2v) is 6.19. The van der Waals surface area contributed by atoms with Crippen LogP contribution in [0.5, 0.6) is 0 Å². The highest BCUT2D eigenvalue weighted by Crippen LogP contribution is 2.20. The molecule has 0 saturated carbocycles. The first-order valence-corrected chi connectivity index (χ1v) is 8.35. The molecule has 0 radical (unpaired) electrons. The Morgan fingerprint density at radius 3 is 2.50 bits per heavy atom. The van der Waals surface area contributed by atoms with Crippen molar-refractivity contribution in [1.29, 1.82) is 0 Å². The number of carbonyl (C=O) groups excluding carboxylic acids is 1. The number of carbonyl (C=O) groups is 1. The Bertz CT molecular complexity index is 827. The minimum Gasteiger partial charge on any atom is -0.326 e. The van der Waals surface area contributed by atoms with Gasteiger partial charge in [-0.1, -0.05) is 18.2 Å². The lowest BCUT2D eigenvalue weighted by Crippen LogP contribution is -2.14. The molecular formula is C17H17N5OS. The van der Waals surface area contributed by atoms with Crippen molar-refractivity contribution < 1.29 is 4.79 Å². The first kappa shape index (κ1) is 16.1. The number of anilines is 3. The summed E-state index contributed by atoms with van der Waals surface area (Å²) in [4.78, 5) is 25.1. The van der Waals surface area contributed by atoms with Crippen molar-refractivity contribution in [3.63, 3.8) is 0 Å². The molecule has 2 N–H and O–H groups in total. The Kier molecular flexibility index (Phi) is 4.81. The van der Waals surface area contributed by atoms with Gasteiger partial charge in [-0.15, -0.1) is 11.3 Å². The Morgan fingerprint density at radius 1 is 1.08 bits per heavy atom. The van der Waals surface area contributed by atoms with Crippen LogP contribution in [0.1, 0.15) is 17.1 Å². The van der Waals surface area contributed by atoms with Crippen molar-refractivity contribution >= 4 is 34.0 Å². The monoisotopic (exact) mass is 339 g/mol. The van der Waals surface area contributed by atoms with Crippen LogP contribution in [0.2, 0.25) is 0 Å². The lowest BCUT2D eigenvalue weighted by molar-refractivity contribution is -0.115. The highest BCUT2D eigenvalue weighted by Gasteiger charge is 2.09. The molecule has 0 aliphatic rings. The van der Waals surface area contributed by atoms with E-state index < -0.39 is 0 Å². The topological polar surface area (TPSA) is 79.8 Å². The van der Waals surface area contributed by atoms with Crippen LogP contribution >= 0.6 is 11.3 Å². The Labute approximate surface area is 144 Å². The van der Waals surface area contributed by atoms with Crippen LogP contribution in [0.4, 0.5) is 16.8 Å². The summed E-state index contributed by atoms with van der Waals surface area (Å²) in [5.74, 6) is 0.419. The van der Waals surface area contributed by atoms with Crippen molar-refractivity contribution in [2.24, 2.45) is 0 Å². The summed E-state index contributed by atoms with van der Waals surface area (Å²) in [6, 6.07) is 11.3. The van der Waals surface area contributed by atoms with E-state index in [0.29, 0.717) is 16.8 Å². The summed E-state index contributed by atoms with van der Waals surface area (Å²) in [5.41, 5.74) is 3.27. The molecule has 3 aromatic rings. The molecule has 0 aliphatic heterocycles. The van der Waals surface area contributed by atoms with Gasteiger partial charge in [0.1, 0.15) is 0 Å². The first-order valence-electron chi connectivity index (χ1n) is 7.47. The SMILES string of the molecule is Cc1cc(C)nc(Nc2nc(CC(=O)Nc3ccccc3)cs2)n1. The Hall–Kier alpha value is -2.80. The molecule has 1 aromatic carbocycles. The van der Waals surface area contributed by atoms with Crippen LogP contribution < -0.4 is 10.6 Å². The number of hydrogen-bond acceptors (Lipinski definition) is 6. The van der Waals surface area contributed by atoms with Crippen molar-refractivity contribution in [1.82, 2.24) is 15.0 Å².